The number of aromatic amines is 1. The number of aromatic nitrogens is 2. The second-order valence-corrected chi connectivity index (χ2v) is 10.9. The summed E-state index contributed by atoms with van der Waals surface area (Å²) in [5.74, 6) is -0.812. The lowest BCUT2D eigenvalue weighted by atomic mass is 9.95. The minimum Gasteiger partial charge on any atom is -0.390 e. The molecule has 1 atom stereocenters. The van der Waals surface area contributed by atoms with Crippen LogP contribution in [0.3, 0.4) is 0 Å². The molecular weight excluding hydrogens is 492 g/mol. The Bertz CT molecular complexity index is 1530. The fourth-order valence-corrected chi connectivity index (χ4v) is 5.74. The zero-order chi connectivity index (χ0) is 25.6. The van der Waals surface area contributed by atoms with Crippen LogP contribution in [0.4, 0.5) is 0 Å². The number of amides is 2. The first-order valence-corrected chi connectivity index (χ1v) is 14.0. The van der Waals surface area contributed by atoms with Gasteiger partial charge in [-0.25, -0.2) is 0 Å². The molecule has 0 saturated carbocycles. The van der Waals surface area contributed by atoms with Gasteiger partial charge in [0.2, 0.25) is 0 Å². The molecule has 1 aliphatic heterocycles. The largest absolute Gasteiger partial charge is 0.390 e. The van der Waals surface area contributed by atoms with Gasteiger partial charge in [-0.05, 0) is 63.0 Å². The molecule has 0 radical (unpaired) electrons. The SMILES string of the molecule is CSc1ccc2[nH]cc(C3=C(c4cn(CC(O)CN(C)C)c5ccc(SC)cc45)C(=O)NC3=O)c2c1. The van der Waals surface area contributed by atoms with Crippen LogP contribution in [-0.2, 0) is 16.1 Å². The maximum atomic E-state index is 13.3. The second kappa shape index (κ2) is 9.82. The molecule has 9 heteroatoms. The molecule has 2 amide bonds. The Morgan fingerprint density at radius 2 is 1.58 bits per heavy atom. The maximum Gasteiger partial charge on any atom is 0.259 e. The lowest BCUT2D eigenvalue weighted by Crippen LogP contribution is -2.29. The van der Waals surface area contributed by atoms with E-state index in [1.54, 1.807) is 29.7 Å². The number of aliphatic hydroxyl groups is 1. The van der Waals surface area contributed by atoms with Crippen LogP contribution in [0, 0.1) is 0 Å². The minimum atomic E-state index is -0.588. The summed E-state index contributed by atoms with van der Waals surface area (Å²) < 4.78 is 1.98. The topological polar surface area (TPSA) is 90.4 Å². The number of hydrogen-bond donors (Lipinski definition) is 3. The molecule has 0 bridgehead atoms. The van der Waals surface area contributed by atoms with E-state index in [9.17, 15) is 14.7 Å². The first-order valence-electron chi connectivity index (χ1n) is 11.6. The highest BCUT2D eigenvalue weighted by Crippen LogP contribution is 2.39. The number of carbonyl (C=O) groups excluding carboxylic acids is 2. The van der Waals surface area contributed by atoms with E-state index in [-0.39, 0.29) is 0 Å². The second-order valence-electron chi connectivity index (χ2n) is 9.14. The van der Waals surface area contributed by atoms with Crippen LogP contribution in [0.2, 0.25) is 0 Å². The number of fused-ring (bicyclic) bond motifs is 2. The maximum absolute atomic E-state index is 13.3. The van der Waals surface area contributed by atoms with E-state index in [0.29, 0.717) is 35.4 Å². The highest BCUT2D eigenvalue weighted by molar-refractivity contribution is 7.98. The zero-order valence-electron chi connectivity index (χ0n) is 20.6. The molecule has 7 nitrogen and oxygen atoms in total. The summed E-state index contributed by atoms with van der Waals surface area (Å²) in [6.07, 6.45) is 7.12. The molecule has 3 heterocycles. The highest BCUT2D eigenvalue weighted by Gasteiger charge is 2.35. The Hall–Kier alpha value is -2.98. The predicted molar refractivity (Wildman–Crippen MR) is 148 cm³/mol. The highest BCUT2D eigenvalue weighted by atomic mass is 32.2. The lowest BCUT2D eigenvalue weighted by Gasteiger charge is -2.17. The van der Waals surface area contributed by atoms with Gasteiger partial charge in [-0.15, -0.1) is 23.5 Å². The molecule has 5 rings (SSSR count). The molecule has 2 aromatic heterocycles. The number of nitrogens with zero attached hydrogens (tertiary/aromatic N) is 2. The summed E-state index contributed by atoms with van der Waals surface area (Å²) >= 11 is 3.24. The molecule has 36 heavy (non-hydrogen) atoms. The number of likely N-dealkylation sites (N-methyl/N-ethyl adjacent to an activating group) is 1. The third-order valence-electron chi connectivity index (χ3n) is 6.43. The smallest absolute Gasteiger partial charge is 0.259 e. The van der Waals surface area contributed by atoms with Crippen LogP contribution in [-0.4, -0.2) is 70.6 Å². The third kappa shape index (κ3) is 4.37. The van der Waals surface area contributed by atoms with E-state index >= 15 is 0 Å². The van der Waals surface area contributed by atoms with Crippen molar-refractivity contribution >= 4 is 68.3 Å². The van der Waals surface area contributed by atoms with Gasteiger partial charge in [-0.2, -0.15) is 0 Å². The van der Waals surface area contributed by atoms with E-state index in [0.717, 1.165) is 31.6 Å². The van der Waals surface area contributed by atoms with Crippen molar-refractivity contribution in [2.24, 2.45) is 0 Å². The molecular formula is C27H28N4O3S2. The Labute approximate surface area is 217 Å². The monoisotopic (exact) mass is 520 g/mol. The standard InChI is InChI=1S/C27H28N4O3S2/c1-30(2)12-15(32)13-31-14-21(19-10-17(36-4)6-8-23(19)31)25-24(26(33)29-27(25)34)20-11-28-22-7-5-16(35-3)9-18(20)22/h5-11,14-15,28,32H,12-13H2,1-4H3,(H,29,33,34). The number of imide groups is 1. The quantitative estimate of drug-likeness (QED) is 0.240. The summed E-state index contributed by atoms with van der Waals surface area (Å²) in [5, 5.41) is 15.0. The Morgan fingerprint density at radius 1 is 0.944 bits per heavy atom. The normalized spacial score (nSPS) is 15.1. The molecule has 3 N–H and O–H groups in total. The number of H-pyrrole nitrogens is 1. The molecule has 0 spiro atoms. The van der Waals surface area contributed by atoms with E-state index in [2.05, 4.69) is 10.3 Å². The summed E-state index contributed by atoms with van der Waals surface area (Å²) in [6.45, 7) is 0.883. The van der Waals surface area contributed by atoms with E-state index in [1.807, 2.05) is 78.7 Å². The van der Waals surface area contributed by atoms with Crippen LogP contribution in [0.15, 0.2) is 58.6 Å². The van der Waals surface area contributed by atoms with E-state index < -0.39 is 17.9 Å². The van der Waals surface area contributed by atoms with Gasteiger partial charge in [0.1, 0.15) is 0 Å². The van der Waals surface area contributed by atoms with Crippen molar-refractivity contribution < 1.29 is 14.7 Å². The van der Waals surface area contributed by atoms with Crippen molar-refractivity contribution in [1.29, 1.82) is 0 Å². The fraction of sp³-hybridized carbons (Fsp3) is 0.259. The van der Waals surface area contributed by atoms with Crippen LogP contribution >= 0.6 is 23.5 Å². The van der Waals surface area contributed by atoms with E-state index in [1.165, 1.54) is 0 Å². The van der Waals surface area contributed by atoms with Crippen molar-refractivity contribution in [3.63, 3.8) is 0 Å². The Kier molecular flexibility index (Phi) is 6.74. The molecule has 0 saturated heterocycles. The number of nitrogens with one attached hydrogen (secondary N) is 2. The first-order chi connectivity index (χ1) is 17.3. The average molecular weight is 521 g/mol. The molecule has 0 aliphatic carbocycles. The zero-order valence-corrected chi connectivity index (χ0v) is 22.2. The van der Waals surface area contributed by atoms with Crippen LogP contribution in [0.5, 0.6) is 0 Å². The van der Waals surface area contributed by atoms with Gasteiger partial charge in [0.05, 0.1) is 17.3 Å². The molecule has 0 fully saturated rings. The third-order valence-corrected chi connectivity index (χ3v) is 7.88. The number of thioether (sulfide) groups is 2. The number of hydrogen-bond acceptors (Lipinski definition) is 6. The number of aliphatic hydroxyl groups excluding tert-OH is 1. The van der Waals surface area contributed by atoms with Crippen molar-refractivity contribution in [3.05, 3.63) is 59.9 Å². The summed E-state index contributed by atoms with van der Waals surface area (Å²) in [4.78, 5) is 33.7. The van der Waals surface area contributed by atoms with Crippen LogP contribution in [0.1, 0.15) is 11.1 Å². The van der Waals surface area contributed by atoms with Gasteiger partial charge >= 0.3 is 0 Å². The lowest BCUT2D eigenvalue weighted by molar-refractivity contribution is -0.122. The minimum absolute atomic E-state index is 0.361. The Balaban J connectivity index is 1.74. The van der Waals surface area contributed by atoms with Gasteiger partial charge in [-0.3, -0.25) is 14.9 Å². The van der Waals surface area contributed by atoms with Gasteiger partial charge in [0.25, 0.3) is 11.8 Å². The predicted octanol–water partition coefficient (Wildman–Crippen LogP) is 4.06. The van der Waals surface area contributed by atoms with Crippen molar-refractivity contribution in [2.45, 2.75) is 22.4 Å². The van der Waals surface area contributed by atoms with Gasteiger partial charge < -0.3 is 19.6 Å². The summed E-state index contributed by atoms with van der Waals surface area (Å²) in [5.41, 5.74) is 3.93. The molecule has 2 aromatic carbocycles. The number of rotatable bonds is 8. The summed E-state index contributed by atoms with van der Waals surface area (Å²) in [6, 6.07) is 12.1. The van der Waals surface area contributed by atoms with Gasteiger partial charge in [0, 0.05) is 68.2 Å². The average Bonchev–Trinajstić information content (AvgIpc) is 3.50. The summed E-state index contributed by atoms with van der Waals surface area (Å²) in [7, 11) is 3.84. The van der Waals surface area contributed by atoms with Crippen molar-refractivity contribution in [1.82, 2.24) is 19.8 Å². The molecule has 186 valence electrons. The fourth-order valence-electron chi connectivity index (χ4n) is 4.86. The van der Waals surface area contributed by atoms with Crippen LogP contribution < -0.4 is 5.32 Å². The first kappa shape index (κ1) is 24.7. The van der Waals surface area contributed by atoms with Gasteiger partial charge in [0.15, 0.2) is 0 Å². The van der Waals surface area contributed by atoms with Crippen molar-refractivity contribution in [2.75, 3.05) is 33.2 Å². The van der Waals surface area contributed by atoms with Crippen molar-refractivity contribution in [3.8, 4) is 0 Å². The molecule has 1 unspecified atom stereocenters. The molecule has 1 aliphatic rings. The number of carbonyl (C=O) groups is 2. The van der Waals surface area contributed by atoms with Crippen LogP contribution in [0.25, 0.3) is 33.0 Å². The van der Waals surface area contributed by atoms with Gasteiger partial charge in [-0.1, -0.05) is 0 Å². The molecule has 4 aromatic rings. The number of benzene rings is 2. The Morgan fingerprint density at radius 3 is 2.25 bits per heavy atom. The van der Waals surface area contributed by atoms with E-state index in [4.69, 9.17) is 0 Å².